The maximum atomic E-state index is 8.93. The van der Waals surface area contributed by atoms with E-state index in [1.54, 1.807) is 0 Å². The van der Waals surface area contributed by atoms with Gasteiger partial charge >= 0.3 is 0 Å². The van der Waals surface area contributed by atoms with Crippen molar-refractivity contribution in [1.82, 2.24) is 5.32 Å². The summed E-state index contributed by atoms with van der Waals surface area (Å²) in [5.41, 5.74) is 0. The average molecular weight is 159 g/mol. The number of aliphatic hydroxyl groups is 2. The molecule has 0 aliphatic heterocycles. The van der Waals surface area contributed by atoms with E-state index in [1.165, 1.54) is 19.3 Å². The van der Waals surface area contributed by atoms with Gasteiger partial charge in [-0.3, -0.25) is 0 Å². The first-order chi connectivity index (χ1) is 5.33. The second-order valence-electron chi connectivity index (χ2n) is 3.27. The van der Waals surface area contributed by atoms with E-state index >= 15 is 0 Å². The average Bonchev–Trinajstić information content (AvgIpc) is 2.81. The molecule has 0 aromatic heterocycles. The Morgan fingerprint density at radius 2 is 2.18 bits per heavy atom. The number of hydrogen-bond acceptors (Lipinski definition) is 3. The van der Waals surface area contributed by atoms with Crippen molar-refractivity contribution in [2.75, 3.05) is 19.7 Å². The van der Waals surface area contributed by atoms with Crippen LogP contribution in [0.3, 0.4) is 0 Å². The molecule has 66 valence electrons. The van der Waals surface area contributed by atoms with Crippen molar-refractivity contribution in [2.24, 2.45) is 5.92 Å². The Kier molecular flexibility index (Phi) is 3.83. The molecule has 11 heavy (non-hydrogen) atoms. The fraction of sp³-hybridized carbons (Fsp3) is 1.00. The summed E-state index contributed by atoms with van der Waals surface area (Å²) in [5.74, 6) is 0.939. The lowest BCUT2D eigenvalue weighted by Gasteiger charge is -2.07. The van der Waals surface area contributed by atoms with E-state index < -0.39 is 6.10 Å². The Bertz CT molecular complexity index is 104. The first-order valence-corrected chi connectivity index (χ1v) is 4.32. The highest BCUT2D eigenvalue weighted by Gasteiger charge is 2.19. The van der Waals surface area contributed by atoms with Gasteiger partial charge in [0.2, 0.25) is 0 Å². The smallest absolute Gasteiger partial charge is 0.0894 e. The summed E-state index contributed by atoms with van der Waals surface area (Å²) in [7, 11) is 0. The van der Waals surface area contributed by atoms with Gasteiger partial charge in [-0.25, -0.2) is 0 Å². The van der Waals surface area contributed by atoms with Gasteiger partial charge in [-0.15, -0.1) is 0 Å². The van der Waals surface area contributed by atoms with Crippen LogP contribution >= 0.6 is 0 Å². The SMILES string of the molecule is OC[C@@H](O)CNCCC1CC1. The highest BCUT2D eigenvalue weighted by atomic mass is 16.3. The maximum Gasteiger partial charge on any atom is 0.0894 e. The zero-order valence-electron chi connectivity index (χ0n) is 6.79. The van der Waals surface area contributed by atoms with E-state index in [0.29, 0.717) is 6.54 Å². The van der Waals surface area contributed by atoms with Crippen molar-refractivity contribution in [3.05, 3.63) is 0 Å². The molecule has 1 aliphatic carbocycles. The van der Waals surface area contributed by atoms with Gasteiger partial charge in [0, 0.05) is 6.54 Å². The lowest BCUT2D eigenvalue weighted by molar-refractivity contribution is 0.0945. The molecule has 0 spiro atoms. The van der Waals surface area contributed by atoms with Crippen LogP contribution in [0.15, 0.2) is 0 Å². The molecule has 0 saturated heterocycles. The molecule has 0 aromatic rings. The molecule has 0 bridgehead atoms. The topological polar surface area (TPSA) is 52.5 Å². The van der Waals surface area contributed by atoms with Crippen LogP contribution in [0.5, 0.6) is 0 Å². The summed E-state index contributed by atoms with van der Waals surface area (Å²) in [4.78, 5) is 0. The van der Waals surface area contributed by atoms with Gasteiger partial charge in [0.25, 0.3) is 0 Å². The predicted octanol–water partition coefficient (Wildman–Crippen LogP) is -0.271. The van der Waals surface area contributed by atoms with Gasteiger partial charge in [-0.2, -0.15) is 0 Å². The molecule has 3 N–H and O–H groups in total. The van der Waals surface area contributed by atoms with Crippen LogP contribution in [0.25, 0.3) is 0 Å². The fourth-order valence-corrected chi connectivity index (χ4v) is 1.05. The molecule has 0 radical (unpaired) electrons. The van der Waals surface area contributed by atoms with Crippen LogP contribution in [0, 0.1) is 5.92 Å². The van der Waals surface area contributed by atoms with E-state index in [9.17, 15) is 0 Å². The molecule has 0 amide bonds. The summed E-state index contributed by atoms with van der Waals surface area (Å²) in [6.45, 7) is 1.35. The molecular weight excluding hydrogens is 142 g/mol. The third-order valence-corrected chi connectivity index (χ3v) is 2.02. The first kappa shape index (κ1) is 8.97. The minimum Gasteiger partial charge on any atom is -0.394 e. The Morgan fingerprint density at radius 1 is 1.45 bits per heavy atom. The number of rotatable bonds is 6. The molecule has 0 unspecified atom stereocenters. The van der Waals surface area contributed by atoms with Gasteiger partial charge in [0.05, 0.1) is 12.7 Å². The van der Waals surface area contributed by atoms with Crippen molar-refractivity contribution in [1.29, 1.82) is 0 Å². The summed E-state index contributed by atoms with van der Waals surface area (Å²) in [6.07, 6.45) is 3.39. The Labute approximate surface area is 67.4 Å². The number of hydrogen-bond donors (Lipinski definition) is 3. The zero-order valence-corrected chi connectivity index (χ0v) is 6.79. The van der Waals surface area contributed by atoms with E-state index in [1.807, 2.05) is 0 Å². The normalized spacial score (nSPS) is 20.2. The van der Waals surface area contributed by atoms with E-state index in [4.69, 9.17) is 10.2 Å². The maximum absolute atomic E-state index is 8.93. The van der Waals surface area contributed by atoms with Crippen LogP contribution in [-0.2, 0) is 0 Å². The van der Waals surface area contributed by atoms with Gasteiger partial charge in [-0.05, 0) is 18.9 Å². The van der Waals surface area contributed by atoms with Crippen LogP contribution in [0.2, 0.25) is 0 Å². The molecular formula is C8H17NO2. The van der Waals surface area contributed by atoms with Crippen molar-refractivity contribution < 1.29 is 10.2 Å². The van der Waals surface area contributed by atoms with Crippen LogP contribution in [0.1, 0.15) is 19.3 Å². The Morgan fingerprint density at radius 3 is 2.73 bits per heavy atom. The molecule has 1 atom stereocenters. The summed E-state index contributed by atoms with van der Waals surface area (Å²) >= 11 is 0. The van der Waals surface area contributed by atoms with Crippen molar-refractivity contribution in [3.8, 4) is 0 Å². The largest absolute Gasteiger partial charge is 0.394 e. The van der Waals surface area contributed by atoms with Gasteiger partial charge in [0.1, 0.15) is 0 Å². The van der Waals surface area contributed by atoms with Crippen molar-refractivity contribution in [2.45, 2.75) is 25.4 Å². The number of aliphatic hydroxyl groups excluding tert-OH is 2. The van der Waals surface area contributed by atoms with Crippen LogP contribution in [0.4, 0.5) is 0 Å². The zero-order chi connectivity index (χ0) is 8.10. The van der Waals surface area contributed by atoms with Crippen LogP contribution < -0.4 is 5.32 Å². The highest BCUT2D eigenvalue weighted by Crippen LogP contribution is 2.31. The monoisotopic (exact) mass is 159 g/mol. The molecule has 0 aromatic carbocycles. The molecule has 0 heterocycles. The predicted molar refractivity (Wildman–Crippen MR) is 43.3 cm³/mol. The summed E-state index contributed by atoms with van der Waals surface area (Å²) < 4.78 is 0. The lowest BCUT2D eigenvalue weighted by Crippen LogP contribution is -2.30. The number of nitrogens with one attached hydrogen (secondary N) is 1. The van der Waals surface area contributed by atoms with Crippen molar-refractivity contribution >= 4 is 0 Å². The molecule has 3 heteroatoms. The van der Waals surface area contributed by atoms with Gasteiger partial charge in [0.15, 0.2) is 0 Å². The molecule has 1 aliphatic rings. The molecule has 1 saturated carbocycles. The highest BCUT2D eigenvalue weighted by molar-refractivity contribution is 4.73. The van der Waals surface area contributed by atoms with Crippen LogP contribution in [-0.4, -0.2) is 36.0 Å². The third kappa shape index (κ3) is 4.35. The Balaban J connectivity index is 1.79. The van der Waals surface area contributed by atoms with E-state index in [2.05, 4.69) is 5.32 Å². The van der Waals surface area contributed by atoms with Crippen molar-refractivity contribution in [3.63, 3.8) is 0 Å². The Hall–Kier alpha value is -0.120. The summed E-state index contributed by atoms with van der Waals surface area (Å²) in [6, 6.07) is 0. The van der Waals surface area contributed by atoms with E-state index in [0.717, 1.165) is 12.5 Å². The second-order valence-corrected chi connectivity index (χ2v) is 3.27. The minimum atomic E-state index is -0.589. The van der Waals surface area contributed by atoms with Gasteiger partial charge < -0.3 is 15.5 Å². The fourth-order valence-electron chi connectivity index (χ4n) is 1.05. The van der Waals surface area contributed by atoms with E-state index in [-0.39, 0.29) is 6.61 Å². The van der Waals surface area contributed by atoms with Gasteiger partial charge in [-0.1, -0.05) is 12.8 Å². The summed E-state index contributed by atoms with van der Waals surface area (Å²) in [5, 5.41) is 20.5. The third-order valence-electron chi connectivity index (χ3n) is 2.02. The quantitative estimate of drug-likeness (QED) is 0.468. The lowest BCUT2D eigenvalue weighted by atomic mass is 10.3. The molecule has 3 nitrogen and oxygen atoms in total. The standard InChI is InChI=1S/C8H17NO2/c10-6-8(11)5-9-4-3-7-1-2-7/h7-11H,1-6H2/t8-/m0/s1. The first-order valence-electron chi connectivity index (χ1n) is 4.32. The molecule has 1 fully saturated rings. The minimum absolute atomic E-state index is 0.142. The second kappa shape index (κ2) is 4.70. The molecule has 1 rings (SSSR count).